The van der Waals surface area contributed by atoms with Crippen molar-refractivity contribution in [3.8, 4) is 11.3 Å². The summed E-state index contributed by atoms with van der Waals surface area (Å²) in [5.74, 6) is -0.197. The van der Waals surface area contributed by atoms with Gasteiger partial charge in [0, 0.05) is 34.7 Å². The van der Waals surface area contributed by atoms with Gasteiger partial charge in [0.05, 0.1) is 5.69 Å². The minimum absolute atomic E-state index is 0.197. The highest BCUT2D eigenvalue weighted by molar-refractivity contribution is 6.30. The number of anilines is 1. The maximum absolute atomic E-state index is 12.2. The zero-order chi connectivity index (χ0) is 19.5. The van der Waals surface area contributed by atoms with Crippen LogP contribution in [0.2, 0.25) is 5.02 Å². The van der Waals surface area contributed by atoms with Crippen molar-refractivity contribution in [3.63, 3.8) is 0 Å². The Morgan fingerprint density at radius 3 is 2.71 bits per heavy atom. The number of nitrogens with zero attached hydrogens (tertiary/aromatic N) is 2. The number of fused-ring (bicyclic) bond motifs is 1. The van der Waals surface area contributed by atoms with Gasteiger partial charge in [-0.05, 0) is 54.5 Å². The molecule has 0 aliphatic rings. The number of rotatable bonds is 4. The standard InChI is InChI=1S/C23H18ClN3O/c1-16-5-11-22-26-21(15-27(22)14-16)18-3-2-4-20(13-18)25-23(28)12-8-17-6-9-19(24)10-7-17/h2-15H,1H3,(H,25,28)/b12-8+. The van der Waals surface area contributed by atoms with E-state index in [1.807, 2.05) is 72.2 Å². The number of nitrogens with one attached hydrogen (secondary N) is 1. The van der Waals surface area contributed by atoms with Crippen LogP contribution in [0.3, 0.4) is 0 Å². The molecule has 0 bridgehead atoms. The van der Waals surface area contributed by atoms with Crippen LogP contribution in [-0.2, 0) is 4.79 Å². The first-order chi connectivity index (χ1) is 13.6. The number of hydrogen-bond donors (Lipinski definition) is 1. The number of carbonyl (C=O) groups is 1. The molecule has 1 N–H and O–H groups in total. The molecule has 1 amide bonds. The maximum atomic E-state index is 12.2. The second-order valence-electron chi connectivity index (χ2n) is 6.55. The second kappa shape index (κ2) is 7.71. The lowest BCUT2D eigenvalue weighted by Gasteiger charge is -2.04. The third-order valence-electron chi connectivity index (χ3n) is 4.32. The van der Waals surface area contributed by atoms with Crippen LogP contribution in [0.4, 0.5) is 5.69 Å². The number of aryl methyl sites for hydroxylation is 1. The predicted molar refractivity (Wildman–Crippen MR) is 114 cm³/mol. The molecule has 0 saturated heterocycles. The molecular weight excluding hydrogens is 370 g/mol. The Bertz CT molecular complexity index is 1180. The summed E-state index contributed by atoms with van der Waals surface area (Å²) in [6.07, 6.45) is 7.28. The molecule has 0 spiro atoms. The fraction of sp³-hybridized carbons (Fsp3) is 0.0435. The molecule has 0 aliphatic carbocycles. The van der Waals surface area contributed by atoms with Crippen LogP contribution in [0.1, 0.15) is 11.1 Å². The average Bonchev–Trinajstić information content (AvgIpc) is 3.11. The molecule has 4 aromatic rings. The molecule has 28 heavy (non-hydrogen) atoms. The van der Waals surface area contributed by atoms with Crippen molar-refractivity contribution >= 4 is 34.9 Å². The van der Waals surface area contributed by atoms with E-state index >= 15 is 0 Å². The molecule has 5 heteroatoms. The summed E-state index contributed by atoms with van der Waals surface area (Å²) in [5, 5.41) is 3.56. The van der Waals surface area contributed by atoms with E-state index in [2.05, 4.69) is 10.3 Å². The van der Waals surface area contributed by atoms with E-state index in [9.17, 15) is 4.79 Å². The van der Waals surface area contributed by atoms with Gasteiger partial charge in [0.25, 0.3) is 0 Å². The molecule has 2 aromatic heterocycles. The SMILES string of the molecule is Cc1ccc2nc(-c3cccc(NC(=O)/C=C/c4ccc(Cl)cc4)c3)cn2c1. The average molecular weight is 388 g/mol. The van der Waals surface area contributed by atoms with Crippen molar-refractivity contribution in [1.82, 2.24) is 9.38 Å². The molecular formula is C23H18ClN3O. The summed E-state index contributed by atoms with van der Waals surface area (Å²) in [6, 6.07) is 19.0. The molecule has 138 valence electrons. The summed E-state index contributed by atoms with van der Waals surface area (Å²) in [4.78, 5) is 16.9. The highest BCUT2D eigenvalue weighted by atomic mass is 35.5. The van der Waals surface area contributed by atoms with E-state index < -0.39 is 0 Å². The van der Waals surface area contributed by atoms with E-state index in [4.69, 9.17) is 11.6 Å². The first-order valence-corrected chi connectivity index (χ1v) is 9.25. The number of benzene rings is 2. The van der Waals surface area contributed by atoms with Gasteiger partial charge < -0.3 is 9.72 Å². The van der Waals surface area contributed by atoms with Gasteiger partial charge in [-0.1, -0.05) is 41.9 Å². The lowest BCUT2D eigenvalue weighted by atomic mass is 10.1. The van der Waals surface area contributed by atoms with Crippen LogP contribution in [0.25, 0.3) is 23.0 Å². The Kier molecular flexibility index (Phi) is 4.96. The van der Waals surface area contributed by atoms with E-state index in [1.165, 1.54) is 11.6 Å². The number of carbonyl (C=O) groups excluding carboxylic acids is 1. The van der Waals surface area contributed by atoms with E-state index in [0.717, 1.165) is 28.2 Å². The van der Waals surface area contributed by atoms with Gasteiger partial charge in [-0.25, -0.2) is 4.98 Å². The number of pyridine rings is 1. The Labute approximate surface area is 168 Å². The van der Waals surface area contributed by atoms with Crippen LogP contribution in [0, 0.1) is 6.92 Å². The molecule has 4 rings (SSSR count). The first kappa shape index (κ1) is 18.0. The van der Waals surface area contributed by atoms with Gasteiger partial charge in [0.2, 0.25) is 5.91 Å². The summed E-state index contributed by atoms with van der Waals surface area (Å²) in [7, 11) is 0. The molecule has 0 radical (unpaired) electrons. The number of halogens is 1. The fourth-order valence-corrected chi connectivity index (χ4v) is 3.05. The van der Waals surface area contributed by atoms with Crippen LogP contribution in [-0.4, -0.2) is 15.3 Å². The number of hydrogen-bond acceptors (Lipinski definition) is 2. The van der Waals surface area contributed by atoms with Crippen LogP contribution >= 0.6 is 11.6 Å². The largest absolute Gasteiger partial charge is 0.322 e. The van der Waals surface area contributed by atoms with Crippen molar-refractivity contribution in [3.05, 3.63) is 95.3 Å². The van der Waals surface area contributed by atoms with Crippen molar-refractivity contribution < 1.29 is 4.79 Å². The molecule has 2 aromatic carbocycles. The van der Waals surface area contributed by atoms with Crippen LogP contribution in [0.15, 0.2) is 79.1 Å². The molecule has 0 fully saturated rings. The molecule has 0 saturated carbocycles. The molecule has 0 aliphatic heterocycles. The van der Waals surface area contributed by atoms with Gasteiger partial charge in [0.15, 0.2) is 0 Å². The summed E-state index contributed by atoms with van der Waals surface area (Å²) in [5.41, 5.74) is 5.50. The van der Waals surface area contributed by atoms with Crippen LogP contribution < -0.4 is 5.32 Å². The van der Waals surface area contributed by atoms with Gasteiger partial charge in [-0.2, -0.15) is 0 Å². The minimum atomic E-state index is -0.197. The lowest BCUT2D eigenvalue weighted by molar-refractivity contribution is -0.111. The van der Waals surface area contributed by atoms with Gasteiger partial charge in [-0.3, -0.25) is 4.79 Å². The van der Waals surface area contributed by atoms with Gasteiger partial charge in [-0.15, -0.1) is 0 Å². The van der Waals surface area contributed by atoms with Crippen molar-refractivity contribution in [2.45, 2.75) is 6.92 Å². The van der Waals surface area contributed by atoms with Crippen molar-refractivity contribution in [2.24, 2.45) is 0 Å². The highest BCUT2D eigenvalue weighted by Crippen LogP contribution is 2.23. The molecule has 0 atom stereocenters. The zero-order valence-electron chi connectivity index (χ0n) is 15.3. The third-order valence-corrected chi connectivity index (χ3v) is 4.57. The first-order valence-electron chi connectivity index (χ1n) is 8.87. The van der Waals surface area contributed by atoms with Crippen molar-refractivity contribution in [2.75, 3.05) is 5.32 Å². The maximum Gasteiger partial charge on any atom is 0.248 e. The monoisotopic (exact) mass is 387 g/mol. The zero-order valence-corrected chi connectivity index (χ0v) is 16.0. The van der Waals surface area contributed by atoms with Crippen LogP contribution in [0.5, 0.6) is 0 Å². The lowest BCUT2D eigenvalue weighted by Crippen LogP contribution is -2.07. The predicted octanol–water partition coefficient (Wildman–Crippen LogP) is 5.62. The number of aromatic nitrogens is 2. The Balaban J connectivity index is 1.51. The summed E-state index contributed by atoms with van der Waals surface area (Å²) >= 11 is 5.87. The normalized spacial score (nSPS) is 11.2. The van der Waals surface area contributed by atoms with E-state index in [1.54, 1.807) is 18.2 Å². The van der Waals surface area contributed by atoms with E-state index in [-0.39, 0.29) is 5.91 Å². The minimum Gasteiger partial charge on any atom is -0.322 e. The third kappa shape index (κ3) is 4.13. The molecule has 0 unspecified atom stereocenters. The quantitative estimate of drug-likeness (QED) is 0.462. The van der Waals surface area contributed by atoms with Gasteiger partial charge in [0.1, 0.15) is 5.65 Å². The summed E-state index contributed by atoms with van der Waals surface area (Å²) in [6.45, 7) is 2.05. The summed E-state index contributed by atoms with van der Waals surface area (Å²) < 4.78 is 2.00. The fourth-order valence-electron chi connectivity index (χ4n) is 2.93. The molecule has 4 nitrogen and oxygen atoms in total. The Morgan fingerprint density at radius 2 is 1.89 bits per heavy atom. The number of imidazole rings is 1. The molecule has 2 heterocycles. The van der Waals surface area contributed by atoms with E-state index in [0.29, 0.717) is 5.02 Å². The van der Waals surface area contributed by atoms with Gasteiger partial charge >= 0.3 is 0 Å². The Morgan fingerprint density at radius 1 is 1.07 bits per heavy atom. The van der Waals surface area contributed by atoms with Crippen molar-refractivity contribution in [1.29, 1.82) is 0 Å². The Hall–Kier alpha value is -3.37. The topological polar surface area (TPSA) is 46.4 Å². The second-order valence-corrected chi connectivity index (χ2v) is 6.99. The smallest absolute Gasteiger partial charge is 0.248 e. The highest BCUT2D eigenvalue weighted by Gasteiger charge is 2.06. The number of amides is 1.